The molecule has 132 valence electrons. The molecule has 0 fully saturated rings. The van der Waals surface area contributed by atoms with Crippen LogP contribution in [0.3, 0.4) is 0 Å². The Kier molecular flexibility index (Phi) is 4.47. The van der Waals surface area contributed by atoms with Gasteiger partial charge in [0.1, 0.15) is 17.0 Å². The first kappa shape index (κ1) is 17.4. The van der Waals surface area contributed by atoms with Crippen LogP contribution in [0.1, 0.15) is 25.8 Å². The van der Waals surface area contributed by atoms with Gasteiger partial charge in [0.15, 0.2) is 5.75 Å². The predicted molar refractivity (Wildman–Crippen MR) is 96.7 cm³/mol. The molecule has 1 N–H and O–H groups in total. The van der Waals surface area contributed by atoms with Gasteiger partial charge in [-0.2, -0.15) is 0 Å². The minimum atomic E-state index is -0.358. The molecule has 1 amide bonds. The number of aromatic hydroxyl groups is 1. The highest BCUT2D eigenvalue weighted by Gasteiger charge is 2.31. The fourth-order valence-electron chi connectivity index (χ4n) is 3.04. The van der Waals surface area contributed by atoms with Crippen LogP contribution < -0.4 is 4.74 Å². The van der Waals surface area contributed by atoms with Gasteiger partial charge in [0, 0.05) is 16.3 Å². The number of likely N-dealkylation sites (N-methyl/N-ethyl adjacent to an activating group) is 1. The maximum atomic E-state index is 11.8. The summed E-state index contributed by atoms with van der Waals surface area (Å²) < 4.78 is 6.14. The molecular formula is C19H23N3O3. The summed E-state index contributed by atoms with van der Waals surface area (Å²) in [5, 5.41) is 20.2. The summed E-state index contributed by atoms with van der Waals surface area (Å²) in [5.74, 6) is 0.386. The molecule has 3 rings (SSSR count). The van der Waals surface area contributed by atoms with E-state index in [1.807, 2.05) is 38.1 Å². The zero-order valence-electron chi connectivity index (χ0n) is 15.0. The van der Waals surface area contributed by atoms with Crippen molar-refractivity contribution in [3.63, 3.8) is 0 Å². The van der Waals surface area contributed by atoms with Crippen molar-refractivity contribution >= 4 is 22.4 Å². The number of nitrogens with zero attached hydrogens (tertiary/aromatic N) is 3. The SMILES string of the molecule is CN(C)CC(=O)N=Nc1c(O)c2c(c3ccccc13)OC(C)(C)CC2. The Morgan fingerprint density at radius 3 is 2.64 bits per heavy atom. The van der Waals surface area contributed by atoms with Crippen LogP contribution in [0.5, 0.6) is 11.5 Å². The zero-order valence-corrected chi connectivity index (χ0v) is 15.0. The maximum Gasteiger partial charge on any atom is 0.278 e. The van der Waals surface area contributed by atoms with Crippen molar-refractivity contribution < 1.29 is 14.6 Å². The Labute approximate surface area is 147 Å². The second-order valence-corrected chi connectivity index (χ2v) is 7.24. The minimum Gasteiger partial charge on any atom is -0.505 e. The molecule has 6 heteroatoms. The molecule has 0 bridgehead atoms. The minimum absolute atomic E-state index is 0.0469. The van der Waals surface area contributed by atoms with E-state index in [9.17, 15) is 9.90 Å². The van der Waals surface area contributed by atoms with Gasteiger partial charge < -0.3 is 14.7 Å². The predicted octanol–water partition coefficient (Wildman–Crippen LogP) is 3.82. The number of hydrogen-bond acceptors (Lipinski definition) is 5. The number of rotatable bonds is 3. The quantitative estimate of drug-likeness (QED) is 0.861. The Morgan fingerprint density at radius 1 is 1.28 bits per heavy atom. The Balaban J connectivity index is 2.13. The van der Waals surface area contributed by atoms with Crippen LogP contribution in [0.2, 0.25) is 0 Å². The third-order valence-electron chi connectivity index (χ3n) is 4.28. The molecule has 2 aromatic carbocycles. The number of phenolic OH excluding ortho intramolecular Hbond substituents is 1. The molecule has 2 aromatic rings. The summed E-state index contributed by atoms with van der Waals surface area (Å²) in [6.45, 7) is 4.25. The van der Waals surface area contributed by atoms with Gasteiger partial charge >= 0.3 is 0 Å². The van der Waals surface area contributed by atoms with Gasteiger partial charge in [-0.25, -0.2) is 0 Å². The van der Waals surface area contributed by atoms with Gasteiger partial charge in [0.05, 0.1) is 6.54 Å². The third-order valence-corrected chi connectivity index (χ3v) is 4.28. The van der Waals surface area contributed by atoms with Gasteiger partial charge in [-0.15, -0.1) is 10.2 Å². The first-order valence-electron chi connectivity index (χ1n) is 8.33. The van der Waals surface area contributed by atoms with E-state index in [0.717, 1.165) is 22.8 Å². The van der Waals surface area contributed by atoms with Crippen molar-refractivity contribution in [3.05, 3.63) is 29.8 Å². The van der Waals surface area contributed by atoms with Crippen molar-refractivity contribution in [2.24, 2.45) is 10.2 Å². The fraction of sp³-hybridized carbons (Fsp3) is 0.421. The van der Waals surface area contributed by atoms with Gasteiger partial charge in [-0.05, 0) is 40.8 Å². The second-order valence-electron chi connectivity index (χ2n) is 7.24. The smallest absolute Gasteiger partial charge is 0.278 e. The molecule has 0 saturated heterocycles. The molecular weight excluding hydrogens is 318 g/mol. The summed E-state index contributed by atoms with van der Waals surface area (Å²) >= 11 is 0. The number of carbonyl (C=O) groups is 1. The highest BCUT2D eigenvalue weighted by Crippen LogP contribution is 2.49. The Bertz CT molecular complexity index is 857. The molecule has 6 nitrogen and oxygen atoms in total. The lowest BCUT2D eigenvalue weighted by molar-refractivity contribution is -0.118. The molecule has 0 saturated carbocycles. The van der Waals surface area contributed by atoms with E-state index in [0.29, 0.717) is 17.9 Å². The normalized spacial score (nSPS) is 16.2. The molecule has 0 atom stereocenters. The number of benzene rings is 2. The average molecular weight is 341 g/mol. The van der Waals surface area contributed by atoms with Crippen molar-refractivity contribution in [2.75, 3.05) is 20.6 Å². The third kappa shape index (κ3) is 3.49. The van der Waals surface area contributed by atoms with Gasteiger partial charge in [0.25, 0.3) is 5.91 Å². The van der Waals surface area contributed by atoms with Crippen LogP contribution >= 0.6 is 0 Å². The zero-order chi connectivity index (χ0) is 18.2. The molecule has 0 unspecified atom stereocenters. The number of fused-ring (bicyclic) bond motifs is 3. The van der Waals surface area contributed by atoms with E-state index in [1.54, 1.807) is 19.0 Å². The van der Waals surface area contributed by atoms with E-state index in [4.69, 9.17) is 4.74 Å². The number of amides is 1. The fourth-order valence-corrected chi connectivity index (χ4v) is 3.04. The number of phenols is 1. The van der Waals surface area contributed by atoms with Gasteiger partial charge in [-0.1, -0.05) is 24.3 Å². The van der Waals surface area contributed by atoms with Crippen molar-refractivity contribution in [1.29, 1.82) is 0 Å². The molecule has 25 heavy (non-hydrogen) atoms. The molecule has 0 spiro atoms. The summed E-state index contributed by atoms with van der Waals surface area (Å²) in [4.78, 5) is 13.6. The molecule has 1 aliphatic heterocycles. The monoisotopic (exact) mass is 341 g/mol. The summed E-state index contributed by atoms with van der Waals surface area (Å²) in [7, 11) is 3.58. The van der Waals surface area contributed by atoms with Crippen LogP contribution in [0.4, 0.5) is 5.69 Å². The second kappa shape index (κ2) is 6.44. The molecule has 1 aliphatic rings. The van der Waals surface area contributed by atoms with E-state index in [2.05, 4.69) is 10.2 Å². The van der Waals surface area contributed by atoms with Crippen molar-refractivity contribution in [3.8, 4) is 11.5 Å². The Morgan fingerprint density at radius 2 is 1.96 bits per heavy atom. The largest absolute Gasteiger partial charge is 0.505 e. The molecule has 1 heterocycles. The topological polar surface area (TPSA) is 74.5 Å². The number of ether oxygens (including phenoxy) is 1. The number of hydrogen-bond donors (Lipinski definition) is 1. The lowest BCUT2D eigenvalue weighted by atomic mass is 9.90. The lowest BCUT2D eigenvalue weighted by Gasteiger charge is -2.34. The van der Waals surface area contributed by atoms with Gasteiger partial charge in [0.2, 0.25) is 0 Å². The van der Waals surface area contributed by atoms with Crippen LogP contribution in [0, 0.1) is 0 Å². The highest BCUT2D eigenvalue weighted by molar-refractivity contribution is 6.01. The molecule has 0 radical (unpaired) electrons. The average Bonchev–Trinajstić information content (AvgIpc) is 2.53. The molecule has 0 aliphatic carbocycles. The summed E-state index contributed by atoms with van der Waals surface area (Å²) in [5.41, 5.74) is 0.768. The van der Waals surface area contributed by atoms with Crippen LogP contribution in [-0.2, 0) is 11.2 Å². The van der Waals surface area contributed by atoms with Crippen molar-refractivity contribution in [2.45, 2.75) is 32.3 Å². The van der Waals surface area contributed by atoms with Gasteiger partial charge in [-0.3, -0.25) is 4.79 Å². The number of azo groups is 1. The standard InChI is InChI=1S/C19H23N3O3/c1-19(2)10-9-14-17(24)16(21-20-15(23)11-22(3)4)12-7-5-6-8-13(12)18(14)25-19/h5-8,24H,9-11H2,1-4H3. The lowest BCUT2D eigenvalue weighted by Crippen LogP contribution is -2.32. The highest BCUT2D eigenvalue weighted by atomic mass is 16.5. The van der Waals surface area contributed by atoms with Crippen LogP contribution in [0.15, 0.2) is 34.5 Å². The summed E-state index contributed by atoms with van der Waals surface area (Å²) in [6, 6.07) is 7.58. The first-order chi connectivity index (χ1) is 11.8. The summed E-state index contributed by atoms with van der Waals surface area (Å²) in [6.07, 6.45) is 1.48. The Hall–Kier alpha value is -2.47. The van der Waals surface area contributed by atoms with Crippen molar-refractivity contribution in [1.82, 2.24) is 4.90 Å². The first-order valence-corrected chi connectivity index (χ1v) is 8.33. The number of carbonyl (C=O) groups excluding carboxylic acids is 1. The van der Waals surface area contributed by atoms with Crippen LogP contribution in [-0.4, -0.2) is 42.2 Å². The maximum absolute atomic E-state index is 11.8. The van der Waals surface area contributed by atoms with E-state index < -0.39 is 0 Å². The van der Waals surface area contributed by atoms with Crippen LogP contribution in [0.25, 0.3) is 10.8 Å². The van der Waals surface area contributed by atoms with E-state index >= 15 is 0 Å². The van der Waals surface area contributed by atoms with E-state index in [-0.39, 0.29) is 23.8 Å². The molecule has 0 aromatic heterocycles. The van der Waals surface area contributed by atoms with E-state index in [1.165, 1.54) is 0 Å².